The summed E-state index contributed by atoms with van der Waals surface area (Å²) >= 11 is 6.31. The van der Waals surface area contributed by atoms with Gasteiger partial charge in [0.2, 0.25) is 5.91 Å². The summed E-state index contributed by atoms with van der Waals surface area (Å²) in [5.41, 5.74) is 9.70. The minimum Gasteiger partial charge on any atom is -0.361 e. The number of fused-ring (bicyclic) bond motifs is 1. The maximum absolute atomic E-state index is 13.8. The number of phosphoric acid groups is 1. The molecule has 5 aromatic carbocycles. The van der Waals surface area contributed by atoms with Crippen LogP contribution in [-0.2, 0) is 54.5 Å². The van der Waals surface area contributed by atoms with Crippen molar-refractivity contribution in [3.8, 4) is 11.1 Å². The average molecular weight is 733 g/mol. The molecular formula is C43H42ClN2O5P. The summed E-state index contributed by atoms with van der Waals surface area (Å²) in [5, 5.41) is 4.96. The van der Waals surface area contributed by atoms with Gasteiger partial charge in [-0.25, -0.2) is 4.57 Å². The molecule has 2 N–H and O–H groups in total. The third-order valence-corrected chi connectivity index (χ3v) is 11.6. The van der Waals surface area contributed by atoms with Crippen LogP contribution < -0.4 is 5.32 Å². The van der Waals surface area contributed by atoms with Crippen LogP contribution in [0.3, 0.4) is 0 Å². The van der Waals surface area contributed by atoms with Gasteiger partial charge in [-0.2, -0.15) is 0 Å². The van der Waals surface area contributed by atoms with Gasteiger partial charge in [-0.15, -0.1) is 0 Å². The van der Waals surface area contributed by atoms with Gasteiger partial charge >= 0.3 is 7.82 Å². The molecule has 7 nitrogen and oxygen atoms in total. The van der Waals surface area contributed by atoms with Gasteiger partial charge < -0.3 is 10.3 Å². The molecule has 9 heteroatoms. The molecule has 6 aromatic rings. The number of aromatic amines is 1. The third-order valence-electron chi connectivity index (χ3n) is 9.93. The number of aryl methyl sites for hydroxylation is 1. The van der Waals surface area contributed by atoms with Crippen molar-refractivity contribution in [2.45, 2.75) is 58.3 Å². The largest absolute Gasteiger partial charge is 0.475 e. The standard InChI is InChI=1S/C43H42ClN2O5P/c1-30-16-17-35(31(2)41(30)34-14-9-15-38(44)24-34)26-46-42(47)43(21-22-43)37-18-19-40-39(25-37)36(27-45-40)20-23-49-52(48,50-28-32-10-5-3-6-11-32)51-29-33-12-7-4-8-13-33/h3-19,24-25,27,45H,20-23,26,28-29H2,1-2H3,(H,46,47). The van der Waals surface area contributed by atoms with E-state index in [2.05, 4.69) is 48.4 Å². The highest BCUT2D eigenvalue weighted by molar-refractivity contribution is 7.48. The predicted molar refractivity (Wildman–Crippen MR) is 207 cm³/mol. The summed E-state index contributed by atoms with van der Waals surface area (Å²) in [6.45, 7) is 4.96. The number of benzene rings is 5. The highest BCUT2D eigenvalue weighted by Gasteiger charge is 2.51. The van der Waals surface area contributed by atoms with Crippen LogP contribution in [0.2, 0.25) is 5.02 Å². The van der Waals surface area contributed by atoms with Gasteiger partial charge in [-0.05, 0) is 107 Å². The number of amides is 1. The molecule has 1 aliphatic rings. The first-order valence-electron chi connectivity index (χ1n) is 17.6. The van der Waals surface area contributed by atoms with Crippen LogP contribution in [0.15, 0.2) is 121 Å². The number of phosphoric ester groups is 1. The number of H-pyrrole nitrogens is 1. The van der Waals surface area contributed by atoms with E-state index in [1.807, 2.05) is 97.2 Å². The second kappa shape index (κ2) is 15.6. The molecule has 0 bridgehead atoms. The van der Waals surface area contributed by atoms with Crippen molar-refractivity contribution >= 4 is 36.2 Å². The molecule has 0 spiro atoms. The Morgan fingerprint density at radius 1 is 0.808 bits per heavy atom. The van der Waals surface area contributed by atoms with Crippen LogP contribution >= 0.6 is 19.4 Å². The molecule has 1 aromatic heterocycles. The lowest BCUT2D eigenvalue weighted by Crippen LogP contribution is -2.34. The third kappa shape index (κ3) is 8.10. The zero-order valence-electron chi connectivity index (χ0n) is 29.4. The zero-order chi connectivity index (χ0) is 36.1. The van der Waals surface area contributed by atoms with Gasteiger partial charge in [0.1, 0.15) is 0 Å². The summed E-state index contributed by atoms with van der Waals surface area (Å²) in [6.07, 6.45) is 3.98. The van der Waals surface area contributed by atoms with Gasteiger partial charge in [0, 0.05) is 28.7 Å². The quantitative estimate of drug-likeness (QED) is 0.103. The van der Waals surface area contributed by atoms with Gasteiger partial charge in [-0.3, -0.25) is 18.4 Å². The lowest BCUT2D eigenvalue weighted by Gasteiger charge is -2.19. The van der Waals surface area contributed by atoms with Crippen molar-refractivity contribution in [1.29, 1.82) is 0 Å². The van der Waals surface area contributed by atoms with E-state index < -0.39 is 13.2 Å². The molecule has 0 radical (unpaired) electrons. The van der Waals surface area contributed by atoms with Crippen molar-refractivity contribution in [1.82, 2.24) is 10.3 Å². The Morgan fingerprint density at radius 2 is 1.50 bits per heavy atom. The average Bonchev–Trinajstić information content (AvgIpc) is 3.88. The molecule has 1 amide bonds. The molecule has 1 aliphatic carbocycles. The van der Waals surface area contributed by atoms with Crippen molar-refractivity contribution < 1.29 is 22.9 Å². The first kappa shape index (κ1) is 35.9. The van der Waals surface area contributed by atoms with E-state index in [9.17, 15) is 9.36 Å². The Bertz CT molecular complexity index is 2190. The second-order valence-electron chi connectivity index (χ2n) is 13.4. The summed E-state index contributed by atoms with van der Waals surface area (Å²) < 4.78 is 31.3. The van der Waals surface area contributed by atoms with Crippen LogP contribution in [0, 0.1) is 13.8 Å². The molecule has 7 rings (SSSR count). The highest BCUT2D eigenvalue weighted by Crippen LogP contribution is 2.51. The van der Waals surface area contributed by atoms with Gasteiger partial charge in [0.15, 0.2) is 0 Å². The molecular weight excluding hydrogens is 691 g/mol. The number of halogens is 1. The monoisotopic (exact) mass is 732 g/mol. The van der Waals surface area contributed by atoms with E-state index in [4.69, 9.17) is 25.2 Å². The molecule has 1 saturated carbocycles. The van der Waals surface area contributed by atoms with Crippen LogP contribution in [0.1, 0.15) is 51.8 Å². The number of rotatable bonds is 15. The molecule has 52 heavy (non-hydrogen) atoms. The van der Waals surface area contributed by atoms with Crippen LogP contribution in [0.4, 0.5) is 0 Å². The van der Waals surface area contributed by atoms with Crippen molar-refractivity contribution in [3.63, 3.8) is 0 Å². The number of aromatic nitrogens is 1. The van der Waals surface area contributed by atoms with E-state index in [1.165, 1.54) is 0 Å². The van der Waals surface area contributed by atoms with E-state index in [0.29, 0.717) is 18.0 Å². The number of carbonyl (C=O) groups excluding carboxylic acids is 1. The molecule has 1 heterocycles. The van der Waals surface area contributed by atoms with Gasteiger partial charge in [0.05, 0.1) is 25.2 Å². The lowest BCUT2D eigenvalue weighted by atomic mass is 9.91. The topological polar surface area (TPSA) is 89.7 Å². The van der Waals surface area contributed by atoms with Gasteiger partial charge in [0.25, 0.3) is 0 Å². The number of nitrogens with one attached hydrogen (secondary N) is 2. The molecule has 0 aliphatic heterocycles. The minimum atomic E-state index is -3.90. The van der Waals surface area contributed by atoms with Crippen LogP contribution in [-0.4, -0.2) is 17.5 Å². The normalized spacial score (nSPS) is 13.7. The smallest absolute Gasteiger partial charge is 0.361 e. The molecule has 0 unspecified atom stereocenters. The second-order valence-corrected chi connectivity index (χ2v) is 15.5. The molecule has 0 atom stereocenters. The fourth-order valence-corrected chi connectivity index (χ4v) is 8.15. The van der Waals surface area contributed by atoms with Crippen molar-refractivity contribution in [2.24, 2.45) is 0 Å². The predicted octanol–water partition coefficient (Wildman–Crippen LogP) is 10.6. The zero-order valence-corrected chi connectivity index (χ0v) is 31.0. The SMILES string of the molecule is Cc1ccc(CNC(=O)C2(c3ccc4[nH]cc(CCOP(=O)(OCc5ccccc5)OCc5ccccc5)c4c3)CC2)c(C)c1-c1cccc(Cl)c1. The number of hydrogen-bond donors (Lipinski definition) is 2. The van der Waals surface area contributed by atoms with Crippen molar-refractivity contribution in [2.75, 3.05) is 6.61 Å². The number of carbonyl (C=O) groups is 1. The summed E-state index contributed by atoms with van der Waals surface area (Å²) in [7, 11) is -3.90. The first-order chi connectivity index (χ1) is 25.2. The van der Waals surface area contributed by atoms with Crippen LogP contribution in [0.25, 0.3) is 22.0 Å². The summed E-state index contributed by atoms with van der Waals surface area (Å²) in [5.74, 6) is 0.0311. The summed E-state index contributed by atoms with van der Waals surface area (Å²) in [4.78, 5) is 17.2. The summed E-state index contributed by atoms with van der Waals surface area (Å²) in [6, 6.07) is 37.3. The first-order valence-corrected chi connectivity index (χ1v) is 19.4. The number of hydrogen-bond acceptors (Lipinski definition) is 5. The highest BCUT2D eigenvalue weighted by atomic mass is 35.5. The Labute approximate surface area is 309 Å². The fourth-order valence-electron chi connectivity index (χ4n) is 6.80. The van der Waals surface area contributed by atoms with Crippen molar-refractivity contribution in [3.05, 3.63) is 165 Å². The molecule has 0 saturated heterocycles. The van der Waals surface area contributed by atoms with E-state index in [0.717, 1.165) is 73.8 Å². The Morgan fingerprint density at radius 3 is 2.15 bits per heavy atom. The van der Waals surface area contributed by atoms with Crippen LogP contribution in [0.5, 0.6) is 0 Å². The maximum atomic E-state index is 13.8. The molecule has 266 valence electrons. The van der Waals surface area contributed by atoms with E-state index in [1.54, 1.807) is 0 Å². The Balaban J connectivity index is 1.03. The maximum Gasteiger partial charge on any atom is 0.475 e. The Hall–Kier alpha value is -4.49. The lowest BCUT2D eigenvalue weighted by molar-refractivity contribution is -0.123. The van der Waals surface area contributed by atoms with E-state index in [-0.39, 0.29) is 25.7 Å². The molecule has 1 fully saturated rings. The van der Waals surface area contributed by atoms with Gasteiger partial charge in [-0.1, -0.05) is 103 Å². The Kier molecular flexibility index (Phi) is 10.8. The van der Waals surface area contributed by atoms with E-state index >= 15 is 0 Å². The minimum absolute atomic E-state index is 0.0311. The fraction of sp³-hybridized carbons (Fsp3) is 0.233.